The van der Waals surface area contributed by atoms with Gasteiger partial charge < -0.3 is 20.3 Å². The molecule has 0 radical (unpaired) electrons. The molecule has 2 N–H and O–H groups in total. The molecular formula is C30H41BN4O. The van der Waals surface area contributed by atoms with Crippen LogP contribution in [0.1, 0.15) is 70.2 Å². The smallest absolute Gasteiger partial charge is 0.352 e. The summed E-state index contributed by atoms with van der Waals surface area (Å²) in [6.07, 6.45) is 6.15. The fourth-order valence-electron chi connectivity index (χ4n) is 8.19. The number of amides is 1. The lowest BCUT2D eigenvalue weighted by Gasteiger charge is -2.45. The van der Waals surface area contributed by atoms with Gasteiger partial charge in [0.1, 0.15) is 0 Å². The zero-order valence-corrected chi connectivity index (χ0v) is 22.6. The number of rotatable bonds is 4. The van der Waals surface area contributed by atoms with E-state index in [0.29, 0.717) is 23.9 Å². The Morgan fingerprint density at radius 3 is 2.50 bits per heavy atom. The molecule has 0 bridgehead atoms. The van der Waals surface area contributed by atoms with E-state index in [9.17, 15) is 4.79 Å². The molecule has 2 aliphatic heterocycles. The molecule has 0 aromatic heterocycles. The van der Waals surface area contributed by atoms with E-state index >= 15 is 0 Å². The average Bonchev–Trinajstić information content (AvgIpc) is 3.40. The second kappa shape index (κ2) is 8.63. The standard InChI is InChI=1S/C30H41BN4O/c1-20-14-15-27-29(3,4)30(27,19-20)31(33-22-16-17-34(5)21(2)18-22)35-25-12-8-6-10-23(25)28(36)32-24-11-7-9-13-26(24)35/h6-13,20-22,27,33H,14-19H2,1-5H3,(H,32,36)/t20?,21?,22?,27-,30+/m1/s1. The molecule has 2 aliphatic carbocycles. The number of nitrogens with zero attached hydrogens (tertiary/aromatic N) is 2. The zero-order chi connectivity index (χ0) is 25.2. The SMILES string of the molecule is CC1CC[C@@H]2C(C)(C)[C@]2(B(NC2CCN(C)C(C)C2)N2c3ccccc3NC(=O)c3ccccc32)C1. The lowest BCUT2D eigenvalue weighted by Crippen LogP contribution is -2.60. The van der Waals surface area contributed by atoms with Crippen molar-refractivity contribution in [2.24, 2.45) is 17.3 Å². The summed E-state index contributed by atoms with van der Waals surface area (Å²) in [6, 6.07) is 17.6. The van der Waals surface area contributed by atoms with Crippen LogP contribution in [0.15, 0.2) is 48.5 Å². The molecule has 3 unspecified atom stereocenters. The number of piperidine rings is 1. The largest absolute Gasteiger partial charge is 0.368 e. The van der Waals surface area contributed by atoms with Gasteiger partial charge in [0, 0.05) is 17.8 Å². The van der Waals surface area contributed by atoms with Gasteiger partial charge in [0.2, 0.25) is 0 Å². The Hall–Kier alpha value is -2.31. The van der Waals surface area contributed by atoms with E-state index in [1.807, 2.05) is 18.2 Å². The molecule has 2 saturated carbocycles. The van der Waals surface area contributed by atoms with Gasteiger partial charge in [0.15, 0.2) is 0 Å². The Labute approximate surface area is 217 Å². The van der Waals surface area contributed by atoms with Gasteiger partial charge in [-0.2, -0.15) is 0 Å². The highest BCUT2D eigenvalue weighted by Crippen LogP contribution is 2.82. The fraction of sp³-hybridized carbons (Fsp3) is 0.567. The summed E-state index contributed by atoms with van der Waals surface area (Å²) in [7, 11) is 2.25. The van der Waals surface area contributed by atoms with Crippen molar-refractivity contribution in [2.45, 2.75) is 77.2 Å². The van der Waals surface area contributed by atoms with Gasteiger partial charge in [-0.3, -0.25) is 4.79 Å². The van der Waals surface area contributed by atoms with Gasteiger partial charge in [-0.25, -0.2) is 0 Å². The highest BCUT2D eigenvalue weighted by atomic mass is 16.1. The van der Waals surface area contributed by atoms with Crippen molar-refractivity contribution in [3.63, 3.8) is 0 Å². The number of carbonyl (C=O) groups excluding carboxylic acids is 1. The number of para-hydroxylation sites is 3. The maximum absolute atomic E-state index is 13.4. The molecule has 5 nitrogen and oxygen atoms in total. The molecule has 3 fully saturated rings. The Balaban J connectivity index is 1.52. The van der Waals surface area contributed by atoms with Crippen LogP contribution in [0, 0.1) is 17.3 Å². The molecule has 190 valence electrons. The lowest BCUT2D eigenvalue weighted by molar-refractivity contribution is 0.102. The molecule has 5 atom stereocenters. The van der Waals surface area contributed by atoms with Crippen LogP contribution in [0.2, 0.25) is 5.31 Å². The Morgan fingerprint density at radius 2 is 1.72 bits per heavy atom. The third-order valence-electron chi connectivity index (χ3n) is 10.4. The van der Waals surface area contributed by atoms with Crippen molar-refractivity contribution < 1.29 is 4.79 Å². The summed E-state index contributed by atoms with van der Waals surface area (Å²) < 4.78 is 0. The topological polar surface area (TPSA) is 47.6 Å². The van der Waals surface area contributed by atoms with Crippen molar-refractivity contribution >= 4 is 30.0 Å². The van der Waals surface area contributed by atoms with Crippen LogP contribution in [0.4, 0.5) is 17.1 Å². The van der Waals surface area contributed by atoms with Crippen LogP contribution >= 0.6 is 0 Å². The van der Waals surface area contributed by atoms with Gasteiger partial charge in [-0.05, 0) is 93.0 Å². The molecule has 0 spiro atoms. The highest BCUT2D eigenvalue weighted by molar-refractivity contribution is 6.68. The minimum Gasteiger partial charge on any atom is -0.368 e. The fourth-order valence-corrected chi connectivity index (χ4v) is 8.19. The molecule has 36 heavy (non-hydrogen) atoms. The van der Waals surface area contributed by atoms with E-state index < -0.39 is 0 Å². The van der Waals surface area contributed by atoms with Crippen molar-refractivity contribution in [3.05, 3.63) is 54.1 Å². The number of benzene rings is 2. The van der Waals surface area contributed by atoms with Crippen molar-refractivity contribution in [2.75, 3.05) is 23.7 Å². The van der Waals surface area contributed by atoms with E-state index in [1.165, 1.54) is 19.3 Å². The van der Waals surface area contributed by atoms with Crippen molar-refractivity contribution in [3.8, 4) is 0 Å². The number of anilines is 3. The zero-order valence-electron chi connectivity index (χ0n) is 22.6. The first-order valence-corrected chi connectivity index (χ1v) is 14.0. The average molecular weight is 484 g/mol. The van der Waals surface area contributed by atoms with Crippen LogP contribution in [-0.2, 0) is 0 Å². The quantitative estimate of drug-likeness (QED) is 0.510. The second-order valence-corrected chi connectivity index (χ2v) is 12.7. The van der Waals surface area contributed by atoms with E-state index in [4.69, 9.17) is 0 Å². The maximum atomic E-state index is 13.4. The molecule has 2 aromatic rings. The van der Waals surface area contributed by atoms with E-state index in [2.05, 4.69) is 85.3 Å². The Bertz CT molecular complexity index is 1170. The summed E-state index contributed by atoms with van der Waals surface area (Å²) in [5.74, 6) is 1.38. The predicted molar refractivity (Wildman–Crippen MR) is 150 cm³/mol. The van der Waals surface area contributed by atoms with Gasteiger partial charge in [0.25, 0.3) is 5.91 Å². The first-order chi connectivity index (χ1) is 17.2. The number of likely N-dealkylation sites (tertiary alicyclic amines) is 1. The molecule has 6 heteroatoms. The van der Waals surface area contributed by atoms with Crippen LogP contribution < -0.4 is 15.4 Å². The Morgan fingerprint density at radius 1 is 1.00 bits per heavy atom. The minimum absolute atomic E-state index is 0.0201. The van der Waals surface area contributed by atoms with Gasteiger partial charge in [0.05, 0.1) is 16.9 Å². The number of nitrogens with one attached hydrogen (secondary N) is 2. The molecular weight excluding hydrogens is 443 g/mol. The summed E-state index contributed by atoms with van der Waals surface area (Å²) in [4.78, 5) is 18.4. The summed E-state index contributed by atoms with van der Waals surface area (Å²) in [6.45, 7) is 11.0. The molecule has 6 rings (SSSR count). The number of hydrogen-bond donors (Lipinski definition) is 2. The highest BCUT2D eigenvalue weighted by Gasteiger charge is 2.77. The molecule has 1 saturated heterocycles. The first kappa shape index (κ1) is 24.1. The van der Waals surface area contributed by atoms with Crippen molar-refractivity contribution in [1.29, 1.82) is 0 Å². The third-order valence-corrected chi connectivity index (χ3v) is 10.4. The molecule has 2 heterocycles. The number of carbonyl (C=O) groups is 1. The van der Waals surface area contributed by atoms with Gasteiger partial charge in [-0.15, -0.1) is 0 Å². The summed E-state index contributed by atoms with van der Waals surface area (Å²) >= 11 is 0. The van der Waals surface area contributed by atoms with Gasteiger partial charge in [-0.1, -0.05) is 51.5 Å². The summed E-state index contributed by atoms with van der Waals surface area (Å²) in [5, 5.41) is 7.67. The van der Waals surface area contributed by atoms with E-state index in [-0.39, 0.29) is 23.6 Å². The number of fused-ring (bicyclic) bond motifs is 3. The van der Waals surface area contributed by atoms with Crippen molar-refractivity contribution in [1.82, 2.24) is 10.1 Å². The monoisotopic (exact) mass is 484 g/mol. The molecule has 4 aliphatic rings. The predicted octanol–water partition coefficient (Wildman–Crippen LogP) is 6.17. The third kappa shape index (κ3) is 3.55. The van der Waals surface area contributed by atoms with Crippen LogP contribution in [-0.4, -0.2) is 43.5 Å². The van der Waals surface area contributed by atoms with E-state index in [0.717, 1.165) is 42.0 Å². The first-order valence-electron chi connectivity index (χ1n) is 14.0. The minimum atomic E-state index is -0.0201. The van der Waals surface area contributed by atoms with Crippen LogP contribution in [0.3, 0.4) is 0 Å². The molecule has 1 amide bonds. The normalized spacial score (nSPS) is 33.0. The van der Waals surface area contributed by atoms with Crippen LogP contribution in [0.25, 0.3) is 0 Å². The maximum Gasteiger partial charge on any atom is 0.352 e. The van der Waals surface area contributed by atoms with Crippen LogP contribution in [0.5, 0.6) is 0 Å². The lowest BCUT2D eigenvalue weighted by atomic mass is 9.48. The number of hydrogen-bond acceptors (Lipinski definition) is 4. The summed E-state index contributed by atoms with van der Waals surface area (Å²) in [5.41, 5.74) is 4.03. The Kier molecular flexibility index (Phi) is 5.77. The van der Waals surface area contributed by atoms with E-state index in [1.54, 1.807) is 0 Å². The van der Waals surface area contributed by atoms with Gasteiger partial charge >= 0.3 is 6.98 Å². The second-order valence-electron chi connectivity index (χ2n) is 12.7. The molecule has 2 aromatic carbocycles.